The van der Waals surface area contributed by atoms with Crippen LogP contribution in [-0.2, 0) is 12.0 Å². The van der Waals surface area contributed by atoms with E-state index in [1.54, 1.807) is 0 Å². The number of fused-ring (bicyclic) bond motifs is 5. The van der Waals surface area contributed by atoms with Gasteiger partial charge in [0, 0.05) is 19.3 Å². The highest BCUT2D eigenvalue weighted by Crippen LogP contribution is 2.69. The van der Waals surface area contributed by atoms with Gasteiger partial charge in [-0.25, -0.2) is 8.78 Å². The molecule has 1 saturated carbocycles. The monoisotopic (exact) mass is 501 g/mol. The number of hydrogen-bond acceptors (Lipinski definition) is 5. The van der Waals surface area contributed by atoms with Gasteiger partial charge in [0.15, 0.2) is 0 Å². The molecule has 37 heavy (non-hydrogen) atoms. The van der Waals surface area contributed by atoms with Gasteiger partial charge in [0.25, 0.3) is 0 Å². The zero-order valence-electron chi connectivity index (χ0n) is 21.1. The van der Waals surface area contributed by atoms with E-state index in [1.165, 1.54) is 18.2 Å². The van der Waals surface area contributed by atoms with Crippen LogP contribution >= 0.6 is 0 Å². The zero-order valence-corrected chi connectivity index (χ0v) is 21.1. The lowest BCUT2D eigenvalue weighted by atomic mass is 9.66. The van der Waals surface area contributed by atoms with Crippen LogP contribution in [0, 0.1) is 23.0 Å². The Hall–Kier alpha value is -3.52. The summed E-state index contributed by atoms with van der Waals surface area (Å²) >= 11 is 0. The Morgan fingerprint density at radius 1 is 1.03 bits per heavy atom. The summed E-state index contributed by atoms with van der Waals surface area (Å²) in [5.74, 6) is -1.00. The SMILES string of the molecule is C[C@@H](CO)Cn1ccc(-c2cccc([C@@]34CC[C@@H](c5cc(-c6c(F)cccc6F)nnc53)C4(C)C)n2)n1. The molecule has 3 aromatic heterocycles. The number of aromatic nitrogens is 5. The van der Waals surface area contributed by atoms with Crippen molar-refractivity contribution >= 4 is 0 Å². The highest BCUT2D eigenvalue weighted by Gasteiger charge is 2.65. The Balaban J connectivity index is 1.43. The second-order valence-corrected chi connectivity index (χ2v) is 11.0. The first-order valence-electron chi connectivity index (χ1n) is 12.7. The van der Waals surface area contributed by atoms with Crippen LogP contribution in [0.1, 0.15) is 56.5 Å². The molecule has 6 nitrogen and oxygen atoms in total. The van der Waals surface area contributed by atoms with Crippen molar-refractivity contribution in [1.82, 2.24) is 25.0 Å². The Morgan fingerprint density at radius 2 is 1.78 bits per heavy atom. The fourth-order valence-corrected chi connectivity index (χ4v) is 6.55. The van der Waals surface area contributed by atoms with Crippen LogP contribution in [0.15, 0.2) is 54.7 Å². The maximum Gasteiger partial charge on any atom is 0.135 e. The van der Waals surface area contributed by atoms with Gasteiger partial charge in [0.05, 0.1) is 33.8 Å². The topological polar surface area (TPSA) is 76.7 Å². The molecule has 1 fully saturated rings. The van der Waals surface area contributed by atoms with E-state index in [-0.39, 0.29) is 35.1 Å². The first-order valence-corrected chi connectivity index (χ1v) is 12.7. The second kappa shape index (κ2) is 8.52. The Bertz CT molecular complexity index is 1480. The molecule has 0 radical (unpaired) electrons. The molecule has 3 heterocycles. The number of nitrogens with zero attached hydrogens (tertiary/aromatic N) is 5. The first-order chi connectivity index (χ1) is 17.8. The van der Waals surface area contributed by atoms with Crippen LogP contribution in [0.3, 0.4) is 0 Å². The van der Waals surface area contributed by atoms with Crippen molar-refractivity contribution in [3.8, 4) is 22.6 Å². The fraction of sp³-hybridized carbons (Fsp3) is 0.379. The van der Waals surface area contributed by atoms with Crippen LogP contribution in [-0.4, -0.2) is 36.7 Å². The smallest absolute Gasteiger partial charge is 0.135 e. The van der Waals surface area contributed by atoms with Crippen molar-refractivity contribution in [2.24, 2.45) is 11.3 Å². The summed E-state index contributed by atoms with van der Waals surface area (Å²) in [5, 5.41) is 23.0. The third-order valence-electron chi connectivity index (χ3n) is 8.50. The molecule has 0 spiro atoms. The summed E-state index contributed by atoms with van der Waals surface area (Å²) in [6.45, 7) is 7.17. The van der Waals surface area contributed by atoms with Gasteiger partial charge in [0.2, 0.25) is 0 Å². The molecule has 1 aromatic carbocycles. The molecule has 6 rings (SSSR count). The number of aliphatic hydroxyl groups excluding tert-OH is 1. The van der Waals surface area contributed by atoms with E-state index < -0.39 is 17.0 Å². The van der Waals surface area contributed by atoms with E-state index in [2.05, 4.69) is 29.1 Å². The van der Waals surface area contributed by atoms with Gasteiger partial charge < -0.3 is 5.11 Å². The third-order valence-corrected chi connectivity index (χ3v) is 8.50. The van der Waals surface area contributed by atoms with Crippen molar-refractivity contribution < 1.29 is 13.9 Å². The van der Waals surface area contributed by atoms with Crippen molar-refractivity contribution in [3.05, 3.63) is 83.3 Å². The van der Waals surface area contributed by atoms with Crippen molar-refractivity contribution in [2.75, 3.05) is 6.61 Å². The molecule has 0 saturated heterocycles. The molecular formula is C29H29F2N5O. The summed E-state index contributed by atoms with van der Waals surface area (Å²) in [5.41, 5.74) is 3.70. The van der Waals surface area contributed by atoms with Crippen LogP contribution in [0.25, 0.3) is 22.6 Å². The Kier molecular flexibility index (Phi) is 5.49. The summed E-state index contributed by atoms with van der Waals surface area (Å²) < 4.78 is 30.9. The lowest BCUT2D eigenvalue weighted by molar-refractivity contribution is 0.219. The number of aliphatic hydroxyl groups is 1. The standard InChI is InChI=1S/C29H29F2N5O/c1-17(16-37)15-36-13-11-23(35-36)22-8-5-9-25(32-22)29-12-10-19(28(29,2)3)18-14-24(33-34-27(18)29)26-20(30)6-4-7-21(26)31/h4-9,11,13-14,17,19,37H,10,12,15-16H2,1-3H3/t17-,19+,29+/m1/s1. The highest BCUT2D eigenvalue weighted by molar-refractivity contribution is 5.64. The summed E-state index contributed by atoms with van der Waals surface area (Å²) in [7, 11) is 0. The first kappa shape index (κ1) is 23.9. The second-order valence-electron chi connectivity index (χ2n) is 11.0. The largest absolute Gasteiger partial charge is 0.396 e. The molecule has 190 valence electrons. The van der Waals surface area contributed by atoms with Crippen molar-refractivity contribution in [3.63, 3.8) is 0 Å². The maximum absolute atomic E-state index is 14.5. The van der Waals surface area contributed by atoms with E-state index in [4.69, 9.17) is 4.98 Å². The Labute approximate surface area is 214 Å². The molecule has 2 aliphatic carbocycles. The van der Waals surface area contributed by atoms with E-state index in [0.29, 0.717) is 6.54 Å². The van der Waals surface area contributed by atoms with Crippen molar-refractivity contribution in [2.45, 2.75) is 51.5 Å². The molecule has 0 aliphatic heterocycles. The van der Waals surface area contributed by atoms with Gasteiger partial charge in [-0.1, -0.05) is 32.9 Å². The number of pyridine rings is 1. The lowest BCUT2D eigenvalue weighted by Gasteiger charge is -2.37. The predicted octanol–water partition coefficient (Wildman–Crippen LogP) is 5.51. The summed E-state index contributed by atoms with van der Waals surface area (Å²) in [4.78, 5) is 5.10. The lowest BCUT2D eigenvalue weighted by Crippen LogP contribution is -2.37. The molecule has 0 amide bonds. The Morgan fingerprint density at radius 3 is 2.54 bits per heavy atom. The van der Waals surface area contributed by atoms with Gasteiger partial charge >= 0.3 is 0 Å². The normalized spacial score (nSPS) is 22.3. The summed E-state index contributed by atoms with van der Waals surface area (Å²) in [6, 6.07) is 13.6. The zero-order chi connectivity index (χ0) is 25.9. The van der Waals surface area contributed by atoms with Crippen LogP contribution in [0.2, 0.25) is 0 Å². The molecular weight excluding hydrogens is 472 g/mol. The minimum atomic E-state index is -0.645. The van der Waals surface area contributed by atoms with E-state index in [1.807, 2.05) is 48.1 Å². The third kappa shape index (κ3) is 3.45. The van der Waals surface area contributed by atoms with Gasteiger partial charge in [-0.05, 0) is 72.1 Å². The number of halogens is 2. The molecule has 3 atom stereocenters. The molecule has 1 N–H and O–H groups in total. The van der Waals surface area contributed by atoms with Crippen LogP contribution in [0.4, 0.5) is 8.78 Å². The molecule has 8 heteroatoms. The maximum atomic E-state index is 14.5. The fourth-order valence-electron chi connectivity index (χ4n) is 6.55. The van der Waals surface area contributed by atoms with E-state index in [9.17, 15) is 13.9 Å². The van der Waals surface area contributed by atoms with Crippen LogP contribution < -0.4 is 0 Å². The predicted molar refractivity (Wildman–Crippen MR) is 136 cm³/mol. The van der Waals surface area contributed by atoms with Crippen LogP contribution in [0.5, 0.6) is 0 Å². The quantitative estimate of drug-likeness (QED) is 0.377. The molecule has 4 aromatic rings. The number of hydrogen-bond donors (Lipinski definition) is 1. The van der Waals surface area contributed by atoms with Gasteiger partial charge in [-0.3, -0.25) is 9.67 Å². The number of benzene rings is 1. The molecule has 0 unspecified atom stereocenters. The average Bonchev–Trinajstić information content (AvgIpc) is 3.51. The minimum absolute atomic E-state index is 0.105. The van der Waals surface area contributed by atoms with Gasteiger partial charge in [0.1, 0.15) is 17.3 Å². The average molecular weight is 502 g/mol. The van der Waals surface area contributed by atoms with Crippen molar-refractivity contribution in [1.29, 1.82) is 0 Å². The number of rotatable bonds is 6. The van der Waals surface area contributed by atoms with Gasteiger partial charge in [-0.2, -0.15) is 10.2 Å². The highest BCUT2D eigenvalue weighted by atomic mass is 19.1. The van der Waals surface area contributed by atoms with E-state index in [0.717, 1.165) is 41.2 Å². The van der Waals surface area contributed by atoms with Gasteiger partial charge in [-0.15, -0.1) is 5.10 Å². The molecule has 2 bridgehead atoms. The molecule has 2 aliphatic rings. The van der Waals surface area contributed by atoms with E-state index >= 15 is 0 Å². The summed E-state index contributed by atoms with van der Waals surface area (Å²) in [6.07, 6.45) is 3.71. The minimum Gasteiger partial charge on any atom is -0.396 e.